The SMILES string of the molecule is CC/C=C\C/C=C\C/C=C\C/C=C\CCCCCCC(=O)NC(COC1OC(CO)C(O)C(O)C1O)C(O)CCCCCCCCCCCCCCCCCCCCCCCC. The number of rotatable bonds is 43. The fourth-order valence-electron chi connectivity index (χ4n) is 8.09. The normalized spacial score (nSPS) is 20.7. The quantitative estimate of drug-likeness (QED) is 0.0262. The Hall–Kier alpha value is -1.85. The molecule has 1 fully saturated rings. The zero-order valence-corrected chi connectivity index (χ0v) is 39.9. The van der Waals surface area contributed by atoms with Gasteiger partial charge in [-0.15, -0.1) is 0 Å². The minimum Gasteiger partial charge on any atom is -0.394 e. The zero-order chi connectivity index (χ0) is 45.1. The number of aliphatic hydroxyl groups is 5. The van der Waals surface area contributed by atoms with Gasteiger partial charge in [0.05, 0.1) is 25.4 Å². The zero-order valence-electron chi connectivity index (χ0n) is 39.9. The summed E-state index contributed by atoms with van der Waals surface area (Å²) in [7, 11) is 0. The molecule has 6 N–H and O–H groups in total. The lowest BCUT2D eigenvalue weighted by Gasteiger charge is -2.40. The lowest BCUT2D eigenvalue weighted by Crippen LogP contribution is -2.60. The van der Waals surface area contributed by atoms with Gasteiger partial charge < -0.3 is 40.3 Å². The Morgan fingerprint density at radius 2 is 1.00 bits per heavy atom. The number of ether oxygens (including phenoxy) is 2. The van der Waals surface area contributed by atoms with Gasteiger partial charge in [0.25, 0.3) is 0 Å². The number of hydrogen-bond acceptors (Lipinski definition) is 8. The van der Waals surface area contributed by atoms with Crippen molar-refractivity contribution in [1.29, 1.82) is 0 Å². The first-order chi connectivity index (χ1) is 30.3. The van der Waals surface area contributed by atoms with Gasteiger partial charge in [0, 0.05) is 6.42 Å². The van der Waals surface area contributed by atoms with Gasteiger partial charge in [-0.3, -0.25) is 4.79 Å². The lowest BCUT2D eigenvalue weighted by molar-refractivity contribution is -0.302. The summed E-state index contributed by atoms with van der Waals surface area (Å²) in [5.74, 6) is -0.167. The average molecular weight is 876 g/mol. The van der Waals surface area contributed by atoms with Crippen molar-refractivity contribution >= 4 is 5.91 Å². The Balaban J connectivity index is 2.28. The minimum absolute atomic E-state index is 0.149. The number of allylic oxidation sites excluding steroid dienone is 8. The van der Waals surface area contributed by atoms with E-state index in [9.17, 15) is 30.3 Å². The third kappa shape index (κ3) is 32.8. The van der Waals surface area contributed by atoms with Gasteiger partial charge in [0.1, 0.15) is 24.4 Å². The average Bonchev–Trinajstić information content (AvgIpc) is 3.27. The van der Waals surface area contributed by atoms with Crippen LogP contribution in [-0.2, 0) is 14.3 Å². The maximum atomic E-state index is 13.0. The molecular formula is C53H97NO8. The van der Waals surface area contributed by atoms with Gasteiger partial charge >= 0.3 is 0 Å². The van der Waals surface area contributed by atoms with Gasteiger partial charge in [0.15, 0.2) is 6.29 Å². The molecule has 7 unspecified atom stereocenters. The molecule has 0 saturated carbocycles. The van der Waals surface area contributed by atoms with Crippen LogP contribution in [0.25, 0.3) is 0 Å². The van der Waals surface area contributed by atoms with Crippen LogP contribution >= 0.6 is 0 Å². The van der Waals surface area contributed by atoms with Crippen LogP contribution in [0.1, 0.15) is 226 Å². The second-order valence-electron chi connectivity index (χ2n) is 17.9. The van der Waals surface area contributed by atoms with E-state index in [1.165, 1.54) is 122 Å². The van der Waals surface area contributed by atoms with Crippen molar-refractivity contribution in [3.05, 3.63) is 48.6 Å². The number of aliphatic hydroxyl groups excluding tert-OH is 5. The molecular weight excluding hydrogens is 779 g/mol. The molecule has 7 atom stereocenters. The molecule has 62 heavy (non-hydrogen) atoms. The topological polar surface area (TPSA) is 149 Å². The Kier molecular flexibility index (Phi) is 40.4. The van der Waals surface area contributed by atoms with Gasteiger partial charge in [-0.2, -0.15) is 0 Å². The molecule has 1 amide bonds. The Morgan fingerprint density at radius 1 is 0.565 bits per heavy atom. The van der Waals surface area contributed by atoms with Gasteiger partial charge in [0.2, 0.25) is 5.91 Å². The van der Waals surface area contributed by atoms with Crippen LogP contribution < -0.4 is 5.32 Å². The molecule has 9 nitrogen and oxygen atoms in total. The summed E-state index contributed by atoms with van der Waals surface area (Å²) in [5.41, 5.74) is 0. The molecule has 0 radical (unpaired) electrons. The van der Waals surface area contributed by atoms with Crippen LogP contribution in [0.15, 0.2) is 48.6 Å². The second kappa shape index (κ2) is 43.1. The van der Waals surface area contributed by atoms with Crippen molar-refractivity contribution in [2.24, 2.45) is 0 Å². The molecule has 0 spiro atoms. The van der Waals surface area contributed by atoms with Crippen LogP contribution in [-0.4, -0.2) is 87.5 Å². The van der Waals surface area contributed by atoms with Crippen molar-refractivity contribution in [3.8, 4) is 0 Å². The number of hydrogen-bond donors (Lipinski definition) is 6. The summed E-state index contributed by atoms with van der Waals surface area (Å²) in [5, 5.41) is 54.5. The molecule has 1 aliphatic rings. The van der Waals surface area contributed by atoms with E-state index in [0.29, 0.717) is 12.8 Å². The third-order valence-corrected chi connectivity index (χ3v) is 12.2. The Bertz CT molecular complexity index is 1110. The van der Waals surface area contributed by atoms with E-state index in [0.717, 1.165) is 77.0 Å². The highest BCUT2D eigenvalue weighted by Gasteiger charge is 2.44. The molecule has 0 aromatic rings. The molecule has 1 aliphatic heterocycles. The molecule has 1 rings (SSSR count). The number of carbonyl (C=O) groups excluding carboxylic acids is 1. The highest BCUT2D eigenvalue weighted by Crippen LogP contribution is 2.23. The van der Waals surface area contributed by atoms with Crippen LogP contribution in [0.2, 0.25) is 0 Å². The highest BCUT2D eigenvalue weighted by molar-refractivity contribution is 5.76. The van der Waals surface area contributed by atoms with E-state index >= 15 is 0 Å². The molecule has 362 valence electrons. The lowest BCUT2D eigenvalue weighted by atomic mass is 9.99. The highest BCUT2D eigenvalue weighted by atomic mass is 16.7. The first-order valence-corrected chi connectivity index (χ1v) is 25.8. The fraction of sp³-hybridized carbons (Fsp3) is 0.830. The van der Waals surface area contributed by atoms with Crippen LogP contribution in [0.3, 0.4) is 0 Å². The molecule has 9 heteroatoms. The summed E-state index contributed by atoms with van der Waals surface area (Å²) in [4.78, 5) is 13.0. The van der Waals surface area contributed by atoms with Crippen LogP contribution in [0.5, 0.6) is 0 Å². The largest absolute Gasteiger partial charge is 0.394 e. The van der Waals surface area contributed by atoms with Crippen LogP contribution in [0.4, 0.5) is 0 Å². The molecule has 1 heterocycles. The van der Waals surface area contributed by atoms with Crippen molar-refractivity contribution in [2.75, 3.05) is 13.2 Å². The fourth-order valence-corrected chi connectivity index (χ4v) is 8.09. The summed E-state index contributed by atoms with van der Waals surface area (Å²) in [6.07, 6.45) is 48.4. The second-order valence-corrected chi connectivity index (χ2v) is 17.9. The predicted octanol–water partition coefficient (Wildman–Crippen LogP) is 11.8. The number of unbranched alkanes of at least 4 members (excludes halogenated alkanes) is 25. The summed E-state index contributed by atoms with van der Waals surface area (Å²) < 4.78 is 11.3. The standard InChI is InChI=1S/C53H97NO8/c1-3-5-7-9-11-13-15-17-19-21-22-23-24-25-27-28-30-32-34-36-38-40-42-47(56)46(45-61-53-52(60)51(59)50(58)48(44-55)62-53)54-49(57)43-41-39-37-35-33-31-29-26-20-18-16-14-12-10-8-6-4-2/h6,8,12,14,18,20,29,31,46-48,50-53,55-56,58-60H,3-5,7,9-11,13,15-17,19,21-28,30,32-45H2,1-2H3,(H,54,57)/b8-6-,14-12-,20-18-,31-29-. The third-order valence-electron chi connectivity index (χ3n) is 12.2. The first-order valence-electron chi connectivity index (χ1n) is 25.8. The Labute approximate surface area is 380 Å². The van der Waals surface area contributed by atoms with Crippen molar-refractivity contribution in [2.45, 2.75) is 269 Å². The molecule has 0 aliphatic carbocycles. The minimum atomic E-state index is -1.56. The molecule has 0 aromatic carbocycles. The van der Waals surface area contributed by atoms with Crippen molar-refractivity contribution in [3.63, 3.8) is 0 Å². The summed E-state index contributed by atoms with van der Waals surface area (Å²) in [6, 6.07) is -0.733. The monoisotopic (exact) mass is 876 g/mol. The first kappa shape index (κ1) is 58.2. The smallest absolute Gasteiger partial charge is 0.220 e. The maximum absolute atomic E-state index is 13.0. The van der Waals surface area contributed by atoms with E-state index < -0.39 is 49.5 Å². The van der Waals surface area contributed by atoms with Gasteiger partial charge in [-0.05, 0) is 51.4 Å². The number of nitrogens with one attached hydrogen (secondary N) is 1. The predicted molar refractivity (Wildman–Crippen MR) is 258 cm³/mol. The number of carbonyl (C=O) groups is 1. The summed E-state index contributed by atoms with van der Waals surface area (Å²) in [6.45, 7) is 3.72. The maximum Gasteiger partial charge on any atom is 0.220 e. The van der Waals surface area contributed by atoms with E-state index in [2.05, 4.69) is 67.8 Å². The molecule has 0 aromatic heterocycles. The number of amides is 1. The molecule has 0 bridgehead atoms. The van der Waals surface area contributed by atoms with Gasteiger partial charge in [-0.25, -0.2) is 0 Å². The van der Waals surface area contributed by atoms with Crippen molar-refractivity contribution in [1.82, 2.24) is 5.32 Å². The van der Waals surface area contributed by atoms with E-state index in [1.54, 1.807) is 0 Å². The van der Waals surface area contributed by atoms with Crippen LogP contribution in [0, 0.1) is 0 Å². The molecule has 1 saturated heterocycles. The van der Waals surface area contributed by atoms with Gasteiger partial charge in [-0.1, -0.05) is 217 Å². The Morgan fingerprint density at radius 3 is 1.48 bits per heavy atom. The summed E-state index contributed by atoms with van der Waals surface area (Å²) >= 11 is 0. The van der Waals surface area contributed by atoms with Crippen molar-refractivity contribution < 1.29 is 39.8 Å². The van der Waals surface area contributed by atoms with E-state index in [-0.39, 0.29) is 12.5 Å². The van der Waals surface area contributed by atoms with E-state index in [1.807, 2.05) is 0 Å². The van der Waals surface area contributed by atoms with E-state index in [4.69, 9.17) is 9.47 Å².